The van der Waals surface area contributed by atoms with Crippen LogP contribution in [0, 0.1) is 18.6 Å². The number of aryl methyl sites for hydroxylation is 1. The van der Waals surface area contributed by atoms with Gasteiger partial charge in [0.1, 0.15) is 17.4 Å². The van der Waals surface area contributed by atoms with E-state index < -0.39 is 23.8 Å². The summed E-state index contributed by atoms with van der Waals surface area (Å²) in [5.41, 5.74) is 1.69. The van der Waals surface area contributed by atoms with E-state index in [9.17, 15) is 18.4 Å². The van der Waals surface area contributed by atoms with Gasteiger partial charge >= 0.3 is 6.03 Å². The van der Waals surface area contributed by atoms with Gasteiger partial charge in [-0.1, -0.05) is 6.07 Å². The lowest BCUT2D eigenvalue weighted by molar-refractivity contribution is 0.102. The van der Waals surface area contributed by atoms with Crippen LogP contribution in [0.3, 0.4) is 0 Å². The van der Waals surface area contributed by atoms with Crippen LogP contribution in [0.25, 0.3) is 0 Å². The summed E-state index contributed by atoms with van der Waals surface area (Å²) in [7, 11) is 0. The number of carbonyl (C=O) groups is 2. The molecule has 3 amide bonds. The van der Waals surface area contributed by atoms with Crippen LogP contribution in [0.2, 0.25) is 0 Å². The Labute approximate surface area is 189 Å². The van der Waals surface area contributed by atoms with E-state index in [1.807, 2.05) is 6.07 Å². The van der Waals surface area contributed by atoms with Crippen molar-refractivity contribution in [2.75, 3.05) is 11.9 Å². The first-order valence-electron chi connectivity index (χ1n) is 10.4. The molecule has 3 N–H and O–H groups in total. The molecule has 0 fully saturated rings. The minimum Gasteiger partial charge on any atom is -0.492 e. The Morgan fingerprint density at radius 3 is 2.70 bits per heavy atom. The smallest absolute Gasteiger partial charge is 0.315 e. The molecule has 0 saturated carbocycles. The monoisotopic (exact) mass is 452 g/mol. The van der Waals surface area contributed by atoms with E-state index in [1.54, 1.807) is 25.3 Å². The summed E-state index contributed by atoms with van der Waals surface area (Å²) in [6.45, 7) is 1.99. The molecule has 1 aromatic heterocycles. The number of ether oxygens (including phenoxy) is 1. The lowest BCUT2D eigenvalue weighted by Crippen LogP contribution is -2.40. The van der Waals surface area contributed by atoms with Crippen LogP contribution in [0.1, 0.15) is 39.6 Å². The Morgan fingerprint density at radius 1 is 1.12 bits per heavy atom. The molecular formula is C24H22F2N4O3. The Morgan fingerprint density at radius 2 is 1.94 bits per heavy atom. The van der Waals surface area contributed by atoms with E-state index in [1.165, 1.54) is 30.3 Å². The van der Waals surface area contributed by atoms with Crippen LogP contribution < -0.4 is 20.7 Å². The highest BCUT2D eigenvalue weighted by atomic mass is 19.1. The van der Waals surface area contributed by atoms with Gasteiger partial charge in [0.25, 0.3) is 5.91 Å². The molecule has 0 saturated heterocycles. The van der Waals surface area contributed by atoms with Gasteiger partial charge in [0, 0.05) is 18.3 Å². The van der Waals surface area contributed by atoms with E-state index in [4.69, 9.17) is 4.74 Å². The lowest BCUT2D eigenvalue weighted by Gasteiger charge is -2.28. The van der Waals surface area contributed by atoms with E-state index in [0.717, 1.165) is 0 Å². The Kier molecular flexibility index (Phi) is 6.48. The molecule has 33 heavy (non-hydrogen) atoms. The normalized spacial score (nSPS) is 14.6. The Bertz CT molecular complexity index is 1190. The number of aromatic nitrogens is 1. The third-order valence-electron chi connectivity index (χ3n) is 5.27. The minimum absolute atomic E-state index is 0.0765. The van der Waals surface area contributed by atoms with Gasteiger partial charge in [0.15, 0.2) is 0 Å². The molecular weight excluding hydrogens is 430 g/mol. The van der Waals surface area contributed by atoms with E-state index in [2.05, 4.69) is 20.9 Å². The minimum atomic E-state index is -0.682. The molecule has 9 heteroatoms. The van der Waals surface area contributed by atoms with Gasteiger partial charge in [-0.15, -0.1) is 0 Å². The number of nitrogens with one attached hydrogen (secondary N) is 3. The molecule has 0 radical (unpaired) electrons. The summed E-state index contributed by atoms with van der Waals surface area (Å²) in [4.78, 5) is 29.4. The average molecular weight is 452 g/mol. The van der Waals surface area contributed by atoms with Crippen molar-refractivity contribution in [3.05, 3.63) is 88.7 Å². The molecule has 1 atom stereocenters. The fourth-order valence-corrected chi connectivity index (χ4v) is 3.61. The number of hydrogen-bond donors (Lipinski definition) is 3. The molecule has 170 valence electrons. The van der Waals surface area contributed by atoms with E-state index in [-0.39, 0.29) is 35.8 Å². The number of anilines is 1. The fraction of sp³-hybridized carbons (Fsp3) is 0.208. The molecule has 3 aromatic rings. The summed E-state index contributed by atoms with van der Waals surface area (Å²) in [5.74, 6) is -1.43. The van der Waals surface area contributed by atoms with Crippen molar-refractivity contribution in [2.24, 2.45) is 0 Å². The molecule has 1 aliphatic heterocycles. The molecule has 1 aliphatic rings. The van der Waals surface area contributed by atoms with Crippen LogP contribution in [0.5, 0.6) is 5.75 Å². The number of rotatable bonds is 5. The fourth-order valence-electron chi connectivity index (χ4n) is 3.61. The first kappa shape index (κ1) is 22.2. The summed E-state index contributed by atoms with van der Waals surface area (Å²) < 4.78 is 33.9. The van der Waals surface area contributed by atoms with E-state index >= 15 is 0 Å². The Hall–Kier alpha value is -4.01. The zero-order valence-electron chi connectivity index (χ0n) is 17.8. The van der Waals surface area contributed by atoms with Crippen molar-refractivity contribution < 1.29 is 23.1 Å². The lowest BCUT2D eigenvalue weighted by atomic mass is 9.96. The largest absolute Gasteiger partial charge is 0.492 e. The maximum Gasteiger partial charge on any atom is 0.315 e. The van der Waals surface area contributed by atoms with Crippen LogP contribution in [0.15, 0.2) is 54.7 Å². The second kappa shape index (κ2) is 9.64. The van der Waals surface area contributed by atoms with Gasteiger partial charge in [0.2, 0.25) is 0 Å². The Balaban J connectivity index is 1.51. The molecule has 0 spiro atoms. The van der Waals surface area contributed by atoms with Crippen LogP contribution >= 0.6 is 0 Å². The molecule has 4 rings (SSSR count). The van der Waals surface area contributed by atoms with Crippen LogP contribution in [0.4, 0.5) is 19.3 Å². The molecule has 7 nitrogen and oxygen atoms in total. The SMILES string of the molecule is Cc1cc(NC(=O)c2ccc(F)c3c2OCCC3NC(=O)NCc2ccccn2)ccc1F. The summed E-state index contributed by atoms with van der Waals surface area (Å²) in [6.07, 6.45) is 1.96. The third kappa shape index (κ3) is 5.08. The zero-order valence-corrected chi connectivity index (χ0v) is 17.8. The molecule has 2 heterocycles. The van der Waals surface area contributed by atoms with Crippen molar-refractivity contribution >= 4 is 17.6 Å². The van der Waals surface area contributed by atoms with Crippen molar-refractivity contribution in [2.45, 2.75) is 25.9 Å². The number of fused-ring (bicyclic) bond motifs is 1. The quantitative estimate of drug-likeness (QED) is 0.540. The van der Waals surface area contributed by atoms with Crippen molar-refractivity contribution in [1.29, 1.82) is 0 Å². The van der Waals surface area contributed by atoms with Crippen molar-refractivity contribution in [3.8, 4) is 5.75 Å². The number of urea groups is 1. The number of pyridine rings is 1. The average Bonchev–Trinajstić information content (AvgIpc) is 2.81. The summed E-state index contributed by atoms with van der Waals surface area (Å²) in [6, 6.07) is 10.9. The van der Waals surface area contributed by atoms with Crippen LogP contribution in [-0.4, -0.2) is 23.5 Å². The van der Waals surface area contributed by atoms with Crippen molar-refractivity contribution in [3.63, 3.8) is 0 Å². The highest BCUT2D eigenvalue weighted by molar-refractivity contribution is 6.06. The number of amides is 3. The summed E-state index contributed by atoms with van der Waals surface area (Å²) in [5, 5.41) is 8.11. The predicted octanol–water partition coefficient (Wildman–Crippen LogP) is 4.24. The predicted molar refractivity (Wildman–Crippen MR) is 118 cm³/mol. The van der Waals surface area contributed by atoms with Gasteiger partial charge in [-0.05, 0) is 55.0 Å². The number of carbonyl (C=O) groups excluding carboxylic acids is 2. The maximum absolute atomic E-state index is 14.8. The molecule has 1 unspecified atom stereocenters. The maximum atomic E-state index is 14.8. The van der Waals surface area contributed by atoms with Gasteiger partial charge in [-0.3, -0.25) is 9.78 Å². The van der Waals surface area contributed by atoms with Gasteiger partial charge in [-0.2, -0.15) is 0 Å². The third-order valence-corrected chi connectivity index (χ3v) is 5.27. The topological polar surface area (TPSA) is 92.4 Å². The highest BCUT2D eigenvalue weighted by Crippen LogP contribution is 2.37. The van der Waals surface area contributed by atoms with Gasteiger partial charge < -0.3 is 20.7 Å². The second-order valence-electron chi connectivity index (χ2n) is 7.59. The van der Waals surface area contributed by atoms with E-state index in [0.29, 0.717) is 23.4 Å². The van der Waals surface area contributed by atoms with Gasteiger partial charge in [0.05, 0.1) is 36.0 Å². The number of nitrogens with zero attached hydrogens (tertiary/aromatic N) is 1. The molecule has 0 aliphatic carbocycles. The molecule has 2 aromatic carbocycles. The zero-order chi connectivity index (χ0) is 23.4. The standard InChI is InChI=1S/C24H22F2N4O3/c1-14-12-15(5-7-18(14)25)29-23(31)17-6-8-19(26)21-20(9-11-33-22(17)21)30-24(32)28-13-16-4-2-3-10-27-16/h2-8,10,12,20H,9,11,13H2,1H3,(H,29,31)(H2,28,30,32). The first-order chi connectivity index (χ1) is 15.9. The number of hydrogen-bond acceptors (Lipinski definition) is 4. The summed E-state index contributed by atoms with van der Waals surface area (Å²) >= 11 is 0. The number of halogens is 2. The second-order valence-corrected chi connectivity index (χ2v) is 7.59. The highest BCUT2D eigenvalue weighted by Gasteiger charge is 2.30. The number of benzene rings is 2. The van der Waals surface area contributed by atoms with Crippen LogP contribution in [-0.2, 0) is 6.54 Å². The molecule has 0 bridgehead atoms. The first-order valence-corrected chi connectivity index (χ1v) is 10.4. The van der Waals surface area contributed by atoms with Crippen molar-refractivity contribution in [1.82, 2.24) is 15.6 Å². The van der Waals surface area contributed by atoms with Gasteiger partial charge in [-0.25, -0.2) is 13.6 Å².